The Bertz CT molecular complexity index is 1220. The lowest BCUT2D eigenvalue weighted by atomic mass is 10.2. The van der Waals surface area contributed by atoms with E-state index in [0.29, 0.717) is 25.9 Å². The molecule has 0 aliphatic carbocycles. The molecule has 0 radical (unpaired) electrons. The highest BCUT2D eigenvalue weighted by atomic mass is 32.2. The van der Waals surface area contributed by atoms with Crippen LogP contribution >= 0.6 is 23.5 Å². The van der Waals surface area contributed by atoms with Gasteiger partial charge in [0.1, 0.15) is 9.96 Å². The molecule has 0 atom stereocenters. The van der Waals surface area contributed by atoms with Crippen LogP contribution in [0.1, 0.15) is 5.56 Å². The third-order valence-corrected chi connectivity index (χ3v) is 6.05. The number of thioether (sulfide) groups is 2. The van der Waals surface area contributed by atoms with Gasteiger partial charge in [-0.2, -0.15) is 4.99 Å². The van der Waals surface area contributed by atoms with Crippen molar-refractivity contribution in [2.45, 2.75) is 0 Å². The Labute approximate surface area is 174 Å². The van der Waals surface area contributed by atoms with E-state index in [2.05, 4.69) is 10.3 Å². The van der Waals surface area contributed by atoms with Crippen LogP contribution in [0.25, 0.3) is 17.0 Å². The van der Waals surface area contributed by atoms with Crippen LogP contribution in [0, 0.1) is 0 Å². The largest absolute Gasteiger partial charge is 0.423 e. The minimum Gasteiger partial charge on any atom is -0.423 e. The summed E-state index contributed by atoms with van der Waals surface area (Å²) in [4.78, 5) is 40.1. The normalized spacial score (nSPS) is 15.0. The highest BCUT2D eigenvalue weighted by Gasteiger charge is 2.22. The maximum atomic E-state index is 12.2. The molecule has 144 valence electrons. The summed E-state index contributed by atoms with van der Waals surface area (Å²) < 4.78 is 5.62. The number of nitrogens with one attached hydrogen (secondary N) is 1. The number of hydrogen-bond donors (Lipinski definition) is 1. The molecule has 0 saturated heterocycles. The van der Waals surface area contributed by atoms with Gasteiger partial charge in [-0.15, -0.1) is 0 Å². The van der Waals surface area contributed by atoms with Crippen LogP contribution in [0.2, 0.25) is 0 Å². The molecule has 0 fully saturated rings. The van der Waals surface area contributed by atoms with E-state index >= 15 is 0 Å². The molecular weight excluding hydrogens is 408 g/mol. The summed E-state index contributed by atoms with van der Waals surface area (Å²) in [7, 11) is 0. The zero-order chi connectivity index (χ0) is 20.2. The summed E-state index contributed by atoms with van der Waals surface area (Å²) in [5.41, 5.74) is 1.56. The first kappa shape index (κ1) is 19.2. The second-order valence-corrected chi connectivity index (χ2v) is 8.30. The first-order chi connectivity index (χ1) is 14.1. The average Bonchev–Trinajstić information content (AvgIpc) is 3.06. The summed E-state index contributed by atoms with van der Waals surface area (Å²) in [6, 6.07) is 17.5. The molecule has 1 N–H and O–H groups in total. The van der Waals surface area contributed by atoms with Gasteiger partial charge >= 0.3 is 5.63 Å². The van der Waals surface area contributed by atoms with Crippen LogP contribution in [0.4, 0.5) is 5.69 Å². The van der Waals surface area contributed by atoms with Crippen molar-refractivity contribution in [3.8, 4) is 0 Å². The summed E-state index contributed by atoms with van der Waals surface area (Å²) in [5.74, 6) is -0.389. The number of rotatable bonds is 4. The Morgan fingerprint density at radius 1 is 1.10 bits per heavy atom. The van der Waals surface area contributed by atoms with E-state index in [0.717, 1.165) is 5.56 Å². The van der Waals surface area contributed by atoms with Crippen molar-refractivity contribution >= 4 is 62.4 Å². The highest BCUT2D eigenvalue weighted by molar-refractivity contribution is 8.41. The molecular formula is C21H14N2O4S2. The molecule has 8 heteroatoms. The smallest absolute Gasteiger partial charge is 0.336 e. The molecule has 29 heavy (non-hydrogen) atoms. The Kier molecular flexibility index (Phi) is 5.64. The second kappa shape index (κ2) is 8.50. The number of carbonyl (C=O) groups is 2. The Morgan fingerprint density at radius 3 is 2.76 bits per heavy atom. The first-order valence-electron chi connectivity index (χ1n) is 8.61. The van der Waals surface area contributed by atoms with E-state index in [4.69, 9.17) is 4.42 Å². The van der Waals surface area contributed by atoms with Crippen molar-refractivity contribution < 1.29 is 14.0 Å². The van der Waals surface area contributed by atoms with Crippen molar-refractivity contribution in [2.24, 2.45) is 4.99 Å². The molecule has 0 unspecified atom stereocenters. The van der Waals surface area contributed by atoms with Crippen LogP contribution < -0.4 is 10.9 Å². The maximum Gasteiger partial charge on any atom is 0.336 e. The van der Waals surface area contributed by atoms with Crippen molar-refractivity contribution in [3.05, 3.63) is 81.6 Å². The predicted molar refractivity (Wildman–Crippen MR) is 118 cm³/mol. The SMILES string of the molecule is O=C(CSC1=NC(=O)C(=Cc2ccccc2)S1)Nc1ccc2oc(=O)ccc2c1. The maximum absolute atomic E-state index is 12.2. The standard InChI is InChI=1S/C21H14N2O4S2/c24-18(22-15-7-8-16-14(11-15)6-9-19(25)27-16)12-28-21-23-20(26)17(29-21)10-13-4-2-1-3-5-13/h1-11H,12H2,(H,22,24). The van der Waals surface area contributed by atoms with Crippen LogP contribution in [-0.2, 0) is 9.59 Å². The van der Waals surface area contributed by atoms with Gasteiger partial charge in [-0.1, -0.05) is 53.9 Å². The number of carbonyl (C=O) groups excluding carboxylic acids is 2. The van der Waals surface area contributed by atoms with Gasteiger partial charge < -0.3 is 9.73 Å². The van der Waals surface area contributed by atoms with Gasteiger partial charge in [0.15, 0.2) is 0 Å². The highest BCUT2D eigenvalue weighted by Crippen LogP contribution is 2.33. The summed E-state index contributed by atoms with van der Waals surface area (Å²) in [6.07, 6.45) is 1.79. The molecule has 2 heterocycles. The summed E-state index contributed by atoms with van der Waals surface area (Å²) in [6.45, 7) is 0. The topological polar surface area (TPSA) is 88.7 Å². The van der Waals surface area contributed by atoms with E-state index in [1.165, 1.54) is 29.6 Å². The van der Waals surface area contributed by atoms with Crippen LogP contribution in [-0.4, -0.2) is 21.9 Å². The zero-order valence-electron chi connectivity index (χ0n) is 15.0. The monoisotopic (exact) mass is 422 g/mol. The fourth-order valence-corrected chi connectivity index (χ4v) is 4.43. The number of aliphatic imine (C=N–C) groups is 1. The van der Waals surface area contributed by atoms with Crippen LogP contribution in [0.3, 0.4) is 0 Å². The molecule has 0 spiro atoms. The second-order valence-electron chi connectivity index (χ2n) is 6.05. The molecule has 6 nitrogen and oxygen atoms in total. The van der Waals surface area contributed by atoms with E-state index in [9.17, 15) is 14.4 Å². The molecule has 1 aromatic heterocycles. The van der Waals surface area contributed by atoms with Gasteiger partial charge in [-0.25, -0.2) is 4.79 Å². The quantitative estimate of drug-likeness (QED) is 0.502. The van der Waals surface area contributed by atoms with E-state index < -0.39 is 5.63 Å². The molecule has 1 aliphatic rings. The van der Waals surface area contributed by atoms with Crippen LogP contribution in [0.15, 0.2) is 79.8 Å². The summed E-state index contributed by atoms with van der Waals surface area (Å²) >= 11 is 2.48. The number of amides is 2. The lowest BCUT2D eigenvalue weighted by Gasteiger charge is -2.05. The van der Waals surface area contributed by atoms with Gasteiger partial charge in [0.2, 0.25) is 5.91 Å². The minimum absolute atomic E-state index is 0.125. The lowest BCUT2D eigenvalue weighted by Crippen LogP contribution is -2.14. The molecule has 0 saturated carbocycles. The molecule has 2 aromatic carbocycles. The summed E-state index contributed by atoms with van der Waals surface area (Å²) in [5, 5.41) is 3.51. The van der Waals surface area contributed by atoms with E-state index in [-0.39, 0.29) is 17.6 Å². The predicted octanol–water partition coefficient (Wildman–Crippen LogP) is 4.14. The van der Waals surface area contributed by atoms with Crippen molar-refractivity contribution in [3.63, 3.8) is 0 Å². The minimum atomic E-state index is -0.421. The van der Waals surface area contributed by atoms with Gasteiger partial charge in [-0.3, -0.25) is 9.59 Å². The van der Waals surface area contributed by atoms with Gasteiger partial charge in [-0.05, 0) is 35.9 Å². The van der Waals surface area contributed by atoms with Crippen molar-refractivity contribution in [2.75, 3.05) is 11.1 Å². The fraction of sp³-hybridized carbons (Fsp3) is 0.0476. The molecule has 3 aromatic rings. The van der Waals surface area contributed by atoms with Crippen molar-refractivity contribution in [1.29, 1.82) is 0 Å². The number of benzene rings is 2. The van der Waals surface area contributed by atoms with Crippen molar-refractivity contribution in [1.82, 2.24) is 0 Å². The Morgan fingerprint density at radius 2 is 1.93 bits per heavy atom. The number of anilines is 1. The van der Waals surface area contributed by atoms with Gasteiger partial charge in [0.25, 0.3) is 5.91 Å². The number of fused-ring (bicyclic) bond motifs is 1. The van der Waals surface area contributed by atoms with Crippen LogP contribution in [0.5, 0.6) is 0 Å². The van der Waals surface area contributed by atoms with E-state index in [1.54, 1.807) is 30.3 Å². The number of hydrogen-bond acceptors (Lipinski definition) is 6. The Hall–Kier alpha value is -3.10. The number of nitrogens with zero attached hydrogens (tertiary/aromatic N) is 1. The average molecular weight is 422 g/mol. The van der Waals surface area contributed by atoms with E-state index in [1.807, 2.05) is 30.3 Å². The molecule has 2 amide bonds. The third-order valence-electron chi connectivity index (χ3n) is 3.93. The lowest BCUT2D eigenvalue weighted by molar-refractivity contribution is -0.114. The zero-order valence-corrected chi connectivity index (χ0v) is 16.6. The molecule has 4 rings (SSSR count). The molecule has 1 aliphatic heterocycles. The Balaban J connectivity index is 1.35. The van der Waals surface area contributed by atoms with Gasteiger partial charge in [0, 0.05) is 17.1 Å². The molecule has 0 bridgehead atoms. The third kappa shape index (κ3) is 4.85. The first-order valence-corrected chi connectivity index (χ1v) is 10.4. The fourth-order valence-electron chi connectivity index (χ4n) is 2.63. The van der Waals surface area contributed by atoms with Gasteiger partial charge in [0.05, 0.1) is 10.7 Å².